The maximum atomic E-state index is 11.4. The lowest BCUT2D eigenvalue weighted by Gasteiger charge is -2.07. The third-order valence-electron chi connectivity index (χ3n) is 2.54. The molecule has 5 nitrogen and oxygen atoms in total. The van der Waals surface area contributed by atoms with Crippen molar-refractivity contribution in [3.8, 4) is 17.0 Å². The van der Waals surface area contributed by atoms with E-state index < -0.39 is 0 Å². The van der Waals surface area contributed by atoms with Gasteiger partial charge in [-0.1, -0.05) is 11.6 Å². The van der Waals surface area contributed by atoms with Crippen LogP contribution in [0.15, 0.2) is 29.1 Å². The Hall–Kier alpha value is -2.01. The largest absolute Gasteiger partial charge is 0.495 e. The van der Waals surface area contributed by atoms with E-state index in [9.17, 15) is 4.79 Å². The zero-order valence-corrected chi connectivity index (χ0v) is 10.7. The van der Waals surface area contributed by atoms with Crippen LogP contribution in [0.25, 0.3) is 11.3 Å². The summed E-state index contributed by atoms with van der Waals surface area (Å²) in [4.78, 5) is 11.4. The maximum Gasteiger partial charge on any atom is 0.289 e. The Morgan fingerprint density at radius 2 is 2.11 bits per heavy atom. The van der Waals surface area contributed by atoms with Crippen molar-refractivity contribution in [3.63, 3.8) is 0 Å². The standard InChI is InChI=1S/C12H12ClN3O2/c1-16-12(17)9(14)6-10(15-16)7-3-4-11(18-2)8(13)5-7/h3-6H,14H2,1-2H3. The lowest BCUT2D eigenvalue weighted by atomic mass is 10.1. The van der Waals surface area contributed by atoms with Gasteiger partial charge in [0.1, 0.15) is 11.4 Å². The van der Waals surface area contributed by atoms with Gasteiger partial charge >= 0.3 is 0 Å². The Kier molecular flexibility index (Phi) is 3.25. The van der Waals surface area contributed by atoms with Gasteiger partial charge in [-0.05, 0) is 24.3 Å². The number of hydrogen-bond acceptors (Lipinski definition) is 4. The molecule has 0 spiro atoms. The molecule has 0 aliphatic carbocycles. The minimum atomic E-state index is -0.321. The highest BCUT2D eigenvalue weighted by Gasteiger charge is 2.08. The second-order valence-electron chi connectivity index (χ2n) is 3.76. The predicted molar refractivity (Wildman–Crippen MR) is 70.9 cm³/mol. The van der Waals surface area contributed by atoms with Crippen molar-refractivity contribution in [2.24, 2.45) is 7.05 Å². The number of ether oxygens (including phenoxy) is 1. The molecule has 0 radical (unpaired) electrons. The monoisotopic (exact) mass is 265 g/mol. The van der Waals surface area contributed by atoms with Gasteiger partial charge in [0.05, 0.1) is 17.8 Å². The van der Waals surface area contributed by atoms with Gasteiger partial charge in [0.2, 0.25) is 0 Å². The van der Waals surface area contributed by atoms with Crippen molar-refractivity contribution in [1.82, 2.24) is 9.78 Å². The quantitative estimate of drug-likeness (QED) is 0.897. The minimum Gasteiger partial charge on any atom is -0.495 e. The summed E-state index contributed by atoms with van der Waals surface area (Å²) in [6, 6.07) is 6.78. The van der Waals surface area contributed by atoms with E-state index in [1.807, 2.05) is 0 Å². The Morgan fingerprint density at radius 3 is 2.67 bits per heavy atom. The van der Waals surface area contributed by atoms with Crippen LogP contribution in [0.3, 0.4) is 0 Å². The van der Waals surface area contributed by atoms with Crippen LogP contribution in [0, 0.1) is 0 Å². The third-order valence-corrected chi connectivity index (χ3v) is 2.83. The fraction of sp³-hybridized carbons (Fsp3) is 0.167. The zero-order valence-electron chi connectivity index (χ0n) is 9.98. The Bertz CT molecular complexity index is 626. The summed E-state index contributed by atoms with van der Waals surface area (Å²) >= 11 is 6.04. The van der Waals surface area contributed by atoms with E-state index in [1.165, 1.54) is 10.7 Å². The highest BCUT2D eigenvalue weighted by atomic mass is 35.5. The van der Waals surface area contributed by atoms with Crippen molar-refractivity contribution >= 4 is 17.3 Å². The molecule has 0 amide bonds. The fourth-order valence-corrected chi connectivity index (χ4v) is 1.86. The molecule has 1 heterocycles. The molecular formula is C12H12ClN3O2. The molecule has 0 aliphatic heterocycles. The second kappa shape index (κ2) is 4.70. The number of rotatable bonds is 2. The smallest absolute Gasteiger partial charge is 0.289 e. The number of nitrogens with zero attached hydrogens (tertiary/aromatic N) is 2. The summed E-state index contributed by atoms with van der Waals surface area (Å²) in [6.45, 7) is 0. The summed E-state index contributed by atoms with van der Waals surface area (Å²) in [5.41, 5.74) is 6.80. The number of methoxy groups -OCH3 is 1. The molecule has 2 rings (SSSR count). The first-order valence-electron chi connectivity index (χ1n) is 5.20. The molecule has 6 heteroatoms. The number of benzene rings is 1. The predicted octanol–water partition coefficient (Wildman–Crippen LogP) is 1.69. The van der Waals surface area contributed by atoms with Crippen molar-refractivity contribution in [2.75, 3.05) is 12.8 Å². The van der Waals surface area contributed by atoms with Crippen LogP contribution in [0.1, 0.15) is 0 Å². The highest BCUT2D eigenvalue weighted by molar-refractivity contribution is 6.32. The summed E-state index contributed by atoms with van der Waals surface area (Å²) in [7, 11) is 3.09. The first kappa shape index (κ1) is 12.4. The number of nitrogen functional groups attached to an aromatic ring is 1. The van der Waals surface area contributed by atoms with E-state index >= 15 is 0 Å². The molecule has 2 N–H and O–H groups in total. The molecule has 2 aromatic rings. The Morgan fingerprint density at radius 1 is 1.39 bits per heavy atom. The molecule has 94 valence electrons. The van der Waals surface area contributed by atoms with E-state index in [0.29, 0.717) is 16.5 Å². The van der Waals surface area contributed by atoms with E-state index in [4.69, 9.17) is 22.1 Å². The van der Waals surface area contributed by atoms with Crippen LogP contribution in [0.4, 0.5) is 5.69 Å². The Labute approximate surface area is 109 Å². The fourth-order valence-electron chi connectivity index (χ4n) is 1.60. The summed E-state index contributed by atoms with van der Waals surface area (Å²) in [5, 5.41) is 4.60. The normalized spacial score (nSPS) is 10.4. The maximum absolute atomic E-state index is 11.4. The highest BCUT2D eigenvalue weighted by Crippen LogP contribution is 2.29. The number of aryl methyl sites for hydroxylation is 1. The van der Waals surface area contributed by atoms with Gasteiger partial charge in [-0.2, -0.15) is 5.10 Å². The van der Waals surface area contributed by atoms with Crippen molar-refractivity contribution in [2.45, 2.75) is 0 Å². The number of nitrogens with two attached hydrogens (primary N) is 1. The first-order chi connectivity index (χ1) is 8.52. The molecule has 0 saturated carbocycles. The molecule has 0 fully saturated rings. The van der Waals surface area contributed by atoms with Crippen LogP contribution >= 0.6 is 11.6 Å². The second-order valence-corrected chi connectivity index (χ2v) is 4.17. The number of halogens is 1. The van der Waals surface area contributed by atoms with Crippen molar-refractivity contribution < 1.29 is 4.74 Å². The number of anilines is 1. The van der Waals surface area contributed by atoms with Crippen LogP contribution in [-0.4, -0.2) is 16.9 Å². The van der Waals surface area contributed by atoms with Gasteiger partial charge in [-0.3, -0.25) is 4.79 Å². The number of hydrogen-bond donors (Lipinski definition) is 1. The molecule has 1 aromatic heterocycles. The SMILES string of the molecule is COc1ccc(-c2cc(N)c(=O)n(C)n2)cc1Cl. The van der Waals surface area contributed by atoms with Gasteiger partial charge in [0.15, 0.2) is 0 Å². The van der Waals surface area contributed by atoms with Gasteiger partial charge in [-0.15, -0.1) is 0 Å². The molecule has 0 saturated heterocycles. The molecular weight excluding hydrogens is 254 g/mol. The van der Waals surface area contributed by atoms with Crippen molar-refractivity contribution in [3.05, 3.63) is 39.6 Å². The van der Waals surface area contributed by atoms with Gasteiger partial charge in [0, 0.05) is 12.6 Å². The molecule has 0 unspecified atom stereocenters. The summed E-state index contributed by atoms with van der Waals surface area (Å²) < 4.78 is 6.27. The van der Waals surface area contributed by atoms with E-state index in [2.05, 4.69) is 5.10 Å². The first-order valence-corrected chi connectivity index (χ1v) is 5.58. The van der Waals surface area contributed by atoms with Gasteiger partial charge < -0.3 is 10.5 Å². The molecule has 1 aromatic carbocycles. The summed E-state index contributed by atoms with van der Waals surface area (Å²) in [5.74, 6) is 0.582. The number of aromatic nitrogens is 2. The molecule has 0 atom stereocenters. The third kappa shape index (κ3) is 2.17. The Balaban J connectivity index is 2.56. The average Bonchev–Trinajstić information content (AvgIpc) is 2.35. The van der Waals surface area contributed by atoms with Gasteiger partial charge in [-0.25, -0.2) is 4.68 Å². The zero-order chi connectivity index (χ0) is 13.3. The summed E-state index contributed by atoms with van der Waals surface area (Å²) in [6.07, 6.45) is 0. The van der Waals surface area contributed by atoms with Gasteiger partial charge in [0.25, 0.3) is 5.56 Å². The minimum absolute atomic E-state index is 0.148. The van der Waals surface area contributed by atoms with Crippen molar-refractivity contribution in [1.29, 1.82) is 0 Å². The van der Waals surface area contributed by atoms with Crippen LogP contribution < -0.4 is 16.0 Å². The van der Waals surface area contributed by atoms with Crippen LogP contribution in [0.2, 0.25) is 5.02 Å². The molecule has 18 heavy (non-hydrogen) atoms. The lowest BCUT2D eigenvalue weighted by molar-refractivity contribution is 0.415. The van der Waals surface area contributed by atoms with E-state index in [0.717, 1.165) is 5.56 Å². The molecule has 0 bridgehead atoms. The van der Waals surface area contributed by atoms with E-state index in [-0.39, 0.29) is 11.2 Å². The van der Waals surface area contributed by atoms with E-state index in [1.54, 1.807) is 32.4 Å². The van der Waals surface area contributed by atoms with Crippen LogP contribution in [-0.2, 0) is 7.05 Å². The lowest BCUT2D eigenvalue weighted by Crippen LogP contribution is -2.22. The average molecular weight is 266 g/mol. The van der Waals surface area contributed by atoms with Crippen LogP contribution in [0.5, 0.6) is 5.75 Å². The molecule has 0 aliphatic rings. The topological polar surface area (TPSA) is 70.1 Å².